The van der Waals surface area contributed by atoms with Gasteiger partial charge in [-0.05, 0) is 29.3 Å². The number of hydrogen-bond acceptors (Lipinski definition) is 0. The summed E-state index contributed by atoms with van der Waals surface area (Å²) in [7, 11) is 0. The normalized spacial score (nSPS) is 9.92. The molecule has 0 spiro atoms. The van der Waals surface area contributed by atoms with Crippen molar-refractivity contribution in [2.45, 2.75) is 0 Å². The lowest BCUT2D eigenvalue weighted by Gasteiger charge is -1.99. The van der Waals surface area contributed by atoms with Crippen molar-refractivity contribution < 1.29 is 0 Å². The SMILES string of the molecule is Clc1ccc(-c2[c]cccc2)cc1. The van der Waals surface area contributed by atoms with Gasteiger partial charge in [0.05, 0.1) is 0 Å². The van der Waals surface area contributed by atoms with E-state index in [2.05, 4.69) is 6.07 Å². The molecule has 0 N–H and O–H groups in total. The fourth-order valence-corrected chi connectivity index (χ4v) is 1.33. The maximum absolute atomic E-state index is 5.79. The fraction of sp³-hybridized carbons (Fsp3) is 0. The summed E-state index contributed by atoms with van der Waals surface area (Å²) >= 11 is 5.79. The highest BCUT2D eigenvalue weighted by Crippen LogP contribution is 2.20. The average Bonchev–Trinajstić information content (AvgIpc) is 2.20. The van der Waals surface area contributed by atoms with Crippen molar-refractivity contribution in [3.8, 4) is 11.1 Å². The molecule has 0 atom stereocenters. The molecule has 63 valence electrons. The van der Waals surface area contributed by atoms with Crippen molar-refractivity contribution in [2.24, 2.45) is 0 Å². The van der Waals surface area contributed by atoms with E-state index < -0.39 is 0 Å². The highest BCUT2D eigenvalue weighted by Gasteiger charge is 1.95. The summed E-state index contributed by atoms with van der Waals surface area (Å²) in [5.74, 6) is 0. The minimum absolute atomic E-state index is 0.764. The van der Waals surface area contributed by atoms with E-state index in [1.54, 1.807) is 0 Å². The van der Waals surface area contributed by atoms with E-state index >= 15 is 0 Å². The van der Waals surface area contributed by atoms with Gasteiger partial charge in [-0.25, -0.2) is 0 Å². The second kappa shape index (κ2) is 3.63. The zero-order valence-electron chi connectivity index (χ0n) is 7.00. The van der Waals surface area contributed by atoms with Crippen LogP contribution in [0.25, 0.3) is 11.1 Å². The molecule has 0 aliphatic carbocycles. The molecule has 0 aromatic heterocycles. The van der Waals surface area contributed by atoms with E-state index in [0.29, 0.717) is 0 Å². The number of halogens is 1. The molecule has 0 heterocycles. The molecule has 0 saturated carbocycles. The summed E-state index contributed by atoms with van der Waals surface area (Å²) in [6, 6.07) is 18.8. The van der Waals surface area contributed by atoms with Crippen LogP contribution < -0.4 is 0 Å². The lowest BCUT2D eigenvalue weighted by molar-refractivity contribution is 1.61. The van der Waals surface area contributed by atoms with Crippen LogP contribution in [0.4, 0.5) is 0 Å². The molecule has 0 amide bonds. The summed E-state index contributed by atoms with van der Waals surface area (Å²) in [5, 5.41) is 0.764. The summed E-state index contributed by atoms with van der Waals surface area (Å²) in [4.78, 5) is 0. The van der Waals surface area contributed by atoms with E-state index in [4.69, 9.17) is 11.6 Å². The summed E-state index contributed by atoms with van der Waals surface area (Å²) in [6.45, 7) is 0. The van der Waals surface area contributed by atoms with Gasteiger partial charge in [0, 0.05) is 5.02 Å². The van der Waals surface area contributed by atoms with Crippen LogP contribution in [-0.2, 0) is 0 Å². The molecule has 13 heavy (non-hydrogen) atoms. The van der Waals surface area contributed by atoms with Crippen LogP contribution in [0, 0.1) is 6.07 Å². The van der Waals surface area contributed by atoms with Crippen molar-refractivity contribution in [1.29, 1.82) is 0 Å². The van der Waals surface area contributed by atoms with Crippen molar-refractivity contribution >= 4 is 11.6 Å². The third-order valence-electron chi connectivity index (χ3n) is 1.86. The lowest BCUT2D eigenvalue weighted by atomic mass is 10.1. The van der Waals surface area contributed by atoms with Gasteiger partial charge in [0.15, 0.2) is 0 Å². The monoisotopic (exact) mass is 187 g/mol. The predicted molar refractivity (Wildman–Crippen MR) is 55.7 cm³/mol. The zero-order chi connectivity index (χ0) is 9.10. The maximum atomic E-state index is 5.79. The van der Waals surface area contributed by atoms with Crippen LogP contribution in [0.15, 0.2) is 48.5 Å². The van der Waals surface area contributed by atoms with Gasteiger partial charge in [-0.3, -0.25) is 0 Å². The second-order valence-electron chi connectivity index (χ2n) is 2.78. The maximum Gasteiger partial charge on any atom is 0.0406 e. The first kappa shape index (κ1) is 8.33. The van der Waals surface area contributed by atoms with Gasteiger partial charge in [0.1, 0.15) is 0 Å². The molecule has 0 saturated heterocycles. The Morgan fingerprint density at radius 2 is 1.69 bits per heavy atom. The van der Waals surface area contributed by atoms with Gasteiger partial charge in [0.2, 0.25) is 0 Å². The topological polar surface area (TPSA) is 0 Å². The molecule has 1 heteroatoms. The molecule has 0 nitrogen and oxygen atoms in total. The molecular weight excluding hydrogens is 180 g/mol. The molecule has 0 aliphatic heterocycles. The van der Waals surface area contributed by atoms with E-state index in [1.807, 2.05) is 48.5 Å². The average molecular weight is 188 g/mol. The smallest absolute Gasteiger partial charge is 0.0406 e. The Bertz CT molecular complexity index is 376. The minimum atomic E-state index is 0.764. The first-order valence-corrected chi connectivity index (χ1v) is 4.47. The zero-order valence-corrected chi connectivity index (χ0v) is 7.75. The number of hydrogen-bond donors (Lipinski definition) is 0. The van der Waals surface area contributed by atoms with Gasteiger partial charge in [-0.1, -0.05) is 48.0 Å². The second-order valence-corrected chi connectivity index (χ2v) is 3.22. The third kappa shape index (κ3) is 1.90. The summed E-state index contributed by atoms with van der Waals surface area (Å²) < 4.78 is 0. The fourth-order valence-electron chi connectivity index (χ4n) is 1.20. The quantitative estimate of drug-likeness (QED) is 0.637. The Morgan fingerprint density at radius 3 is 2.31 bits per heavy atom. The van der Waals surface area contributed by atoms with E-state index in [1.165, 1.54) is 0 Å². The van der Waals surface area contributed by atoms with Crippen LogP contribution in [0.3, 0.4) is 0 Å². The Balaban J connectivity index is 2.42. The Labute approximate surface area is 82.8 Å². The Kier molecular flexibility index (Phi) is 2.33. The highest BCUT2D eigenvalue weighted by molar-refractivity contribution is 6.30. The lowest BCUT2D eigenvalue weighted by Crippen LogP contribution is -1.75. The first-order valence-electron chi connectivity index (χ1n) is 4.09. The van der Waals surface area contributed by atoms with Crippen LogP contribution >= 0.6 is 11.6 Å². The molecule has 2 aromatic rings. The van der Waals surface area contributed by atoms with Crippen LogP contribution in [0.2, 0.25) is 5.02 Å². The van der Waals surface area contributed by atoms with Gasteiger partial charge in [0.25, 0.3) is 0 Å². The molecule has 0 fully saturated rings. The molecule has 1 radical (unpaired) electrons. The Morgan fingerprint density at radius 1 is 0.923 bits per heavy atom. The van der Waals surface area contributed by atoms with E-state index in [-0.39, 0.29) is 0 Å². The van der Waals surface area contributed by atoms with Gasteiger partial charge in [-0.2, -0.15) is 0 Å². The van der Waals surface area contributed by atoms with Gasteiger partial charge < -0.3 is 0 Å². The highest BCUT2D eigenvalue weighted by atomic mass is 35.5. The summed E-state index contributed by atoms with van der Waals surface area (Å²) in [6.07, 6.45) is 0. The molecule has 2 rings (SSSR count). The van der Waals surface area contributed by atoms with E-state index in [9.17, 15) is 0 Å². The molecule has 0 bridgehead atoms. The predicted octanol–water partition coefficient (Wildman–Crippen LogP) is 3.81. The van der Waals surface area contributed by atoms with Gasteiger partial charge in [-0.15, -0.1) is 0 Å². The van der Waals surface area contributed by atoms with Crippen LogP contribution in [0.1, 0.15) is 0 Å². The van der Waals surface area contributed by atoms with Crippen molar-refractivity contribution in [2.75, 3.05) is 0 Å². The van der Waals surface area contributed by atoms with Crippen molar-refractivity contribution in [1.82, 2.24) is 0 Å². The van der Waals surface area contributed by atoms with Gasteiger partial charge >= 0.3 is 0 Å². The largest absolute Gasteiger partial charge is 0.0843 e. The van der Waals surface area contributed by atoms with E-state index in [0.717, 1.165) is 16.1 Å². The molecule has 0 aliphatic rings. The Hall–Kier alpha value is -1.27. The third-order valence-corrected chi connectivity index (χ3v) is 2.12. The molecule has 2 aromatic carbocycles. The first-order chi connectivity index (χ1) is 6.36. The molecule has 0 unspecified atom stereocenters. The molecular formula is C12H8Cl. The van der Waals surface area contributed by atoms with Crippen molar-refractivity contribution in [3.63, 3.8) is 0 Å². The van der Waals surface area contributed by atoms with Crippen LogP contribution in [-0.4, -0.2) is 0 Å². The number of rotatable bonds is 1. The number of benzene rings is 2. The minimum Gasteiger partial charge on any atom is -0.0843 e. The standard InChI is InChI=1S/C12H8Cl/c13-12-8-6-11(7-9-12)10-4-2-1-3-5-10/h1-4,6-9H. The summed E-state index contributed by atoms with van der Waals surface area (Å²) in [5.41, 5.74) is 2.24. The van der Waals surface area contributed by atoms with Crippen molar-refractivity contribution in [3.05, 3.63) is 59.6 Å². The van der Waals surface area contributed by atoms with Crippen LogP contribution in [0.5, 0.6) is 0 Å².